The van der Waals surface area contributed by atoms with Gasteiger partial charge in [0.2, 0.25) is 0 Å². The number of morpholine rings is 1. The number of carbonyl (C=O) groups excluding carboxylic acids is 1. The number of amides is 1. The average Bonchev–Trinajstić information content (AvgIpc) is 2.83. The van der Waals surface area contributed by atoms with Crippen LogP contribution in [0.5, 0.6) is 0 Å². The molecule has 1 unspecified atom stereocenters. The molecule has 2 aromatic carbocycles. The second kappa shape index (κ2) is 11.6. The molecular formula is C28H33FN4O4S. The number of halogens is 1. The van der Waals surface area contributed by atoms with E-state index in [1.54, 1.807) is 45.9 Å². The molecule has 0 bridgehead atoms. The molecule has 1 fully saturated rings. The van der Waals surface area contributed by atoms with Crippen molar-refractivity contribution in [2.75, 3.05) is 30.0 Å². The Balaban J connectivity index is 1.63. The highest BCUT2D eigenvalue weighted by Gasteiger charge is 2.23. The highest BCUT2D eigenvalue weighted by molar-refractivity contribution is 7.84. The predicted molar refractivity (Wildman–Crippen MR) is 146 cm³/mol. The molecule has 3 aromatic rings. The van der Waals surface area contributed by atoms with Crippen molar-refractivity contribution in [2.45, 2.75) is 56.9 Å². The molecule has 1 aliphatic rings. The van der Waals surface area contributed by atoms with Crippen LogP contribution in [0, 0.1) is 12.7 Å². The maximum Gasteiger partial charge on any atom is 0.412 e. The van der Waals surface area contributed by atoms with Crippen LogP contribution in [-0.4, -0.2) is 51.7 Å². The molecule has 8 nitrogen and oxygen atoms in total. The van der Waals surface area contributed by atoms with Gasteiger partial charge < -0.3 is 14.4 Å². The molecular weight excluding hydrogens is 507 g/mol. The molecule has 10 heteroatoms. The third-order valence-electron chi connectivity index (χ3n) is 5.88. The van der Waals surface area contributed by atoms with Gasteiger partial charge in [-0.1, -0.05) is 0 Å². The molecule has 0 radical (unpaired) electrons. The van der Waals surface area contributed by atoms with E-state index in [4.69, 9.17) is 19.4 Å². The smallest absolute Gasteiger partial charge is 0.412 e. The third-order valence-corrected chi connectivity index (χ3v) is 7.38. The normalized spacial score (nSPS) is 16.7. The number of hydrogen-bond donors (Lipinski definition) is 1. The molecule has 1 aliphatic heterocycles. The first-order valence-corrected chi connectivity index (χ1v) is 13.8. The molecule has 0 aliphatic carbocycles. The fourth-order valence-corrected chi connectivity index (χ4v) is 5.32. The molecule has 0 spiro atoms. The Bertz CT molecular complexity index is 1330. The molecule has 0 saturated carbocycles. The van der Waals surface area contributed by atoms with Crippen LogP contribution in [0.15, 0.2) is 53.4 Å². The van der Waals surface area contributed by atoms with E-state index in [0.29, 0.717) is 47.4 Å². The highest BCUT2D eigenvalue weighted by Crippen LogP contribution is 2.26. The summed E-state index contributed by atoms with van der Waals surface area (Å²) >= 11 is 0. The molecule has 2 atom stereocenters. The first-order chi connectivity index (χ1) is 18.0. The SMILES string of the molecule is Cc1cc(F)ccc1S(=O)Cc1cc(N2CCOC[C@@H]2C)nc(-c2ccc(NC(=O)OC(C)(C)C)cc2)n1. The Labute approximate surface area is 225 Å². The summed E-state index contributed by atoms with van der Waals surface area (Å²) < 4.78 is 37.7. The first kappa shape index (κ1) is 27.7. The Morgan fingerprint density at radius 2 is 1.92 bits per heavy atom. The lowest BCUT2D eigenvalue weighted by molar-refractivity contribution is 0.0636. The lowest BCUT2D eigenvalue weighted by Gasteiger charge is -2.34. The molecule has 2 heterocycles. The highest BCUT2D eigenvalue weighted by atomic mass is 32.2. The minimum Gasteiger partial charge on any atom is -0.444 e. The van der Waals surface area contributed by atoms with Crippen LogP contribution in [0.1, 0.15) is 39.0 Å². The van der Waals surface area contributed by atoms with E-state index in [1.165, 1.54) is 12.1 Å². The van der Waals surface area contributed by atoms with Crippen LogP contribution < -0.4 is 10.2 Å². The fourth-order valence-electron chi connectivity index (χ4n) is 4.11. The molecule has 1 aromatic heterocycles. The minimum absolute atomic E-state index is 0.115. The summed E-state index contributed by atoms with van der Waals surface area (Å²) in [4.78, 5) is 24.4. The van der Waals surface area contributed by atoms with Crippen LogP contribution in [0.25, 0.3) is 11.4 Å². The van der Waals surface area contributed by atoms with E-state index in [2.05, 4.69) is 17.1 Å². The predicted octanol–water partition coefficient (Wildman–Crippen LogP) is 5.47. The molecule has 4 rings (SSSR count). The van der Waals surface area contributed by atoms with E-state index in [9.17, 15) is 13.4 Å². The van der Waals surface area contributed by atoms with Crippen molar-refractivity contribution in [3.63, 3.8) is 0 Å². The van der Waals surface area contributed by atoms with Gasteiger partial charge in [0.1, 0.15) is 17.2 Å². The number of hydrogen-bond acceptors (Lipinski definition) is 7. The molecule has 38 heavy (non-hydrogen) atoms. The number of aromatic nitrogens is 2. The van der Waals surface area contributed by atoms with Crippen LogP contribution in [0.2, 0.25) is 0 Å². The van der Waals surface area contributed by atoms with Crippen LogP contribution in [0.4, 0.5) is 20.7 Å². The fraction of sp³-hybridized carbons (Fsp3) is 0.393. The Morgan fingerprint density at radius 3 is 2.58 bits per heavy atom. The van der Waals surface area contributed by atoms with Gasteiger partial charge in [-0.05, 0) is 82.6 Å². The number of carbonyl (C=O) groups is 1. The minimum atomic E-state index is -1.42. The van der Waals surface area contributed by atoms with Crippen LogP contribution in [0.3, 0.4) is 0 Å². The van der Waals surface area contributed by atoms with E-state index < -0.39 is 22.5 Å². The number of anilines is 2. The standard InChI is InChI=1S/C28H33FN4O4S/c1-18-14-21(29)8-11-24(18)38(35)17-23-15-25(33-12-13-36-16-19(33)2)32-26(30-23)20-6-9-22(10-7-20)31-27(34)37-28(3,4)5/h6-11,14-15,19H,12-13,16-17H2,1-5H3,(H,31,34)/t19-,38?/m0/s1. The number of rotatable bonds is 6. The summed E-state index contributed by atoms with van der Waals surface area (Å²) in [6.07, 6.45) is -0.536. The average molecular weight is 541 g/mol. The van der Waals surface area contributed by atoms with Gasteiger partial charge in [-0.25, -0.2) is 19.2 Å². The summed E-state index contributed by atoms with van der Waals surface area (Å²) in [5.41, 5.74) is 1.97. The van der Waals surface area contributed by atoms with Crippen LogP contribution in [-0.2, 0) is 26.0 Å². The number of nitrogens with one attached hydrogen (secondary N) is 1. The lowest BCUT2D eigenvalue weighted by Crippen LogP contribution is -2.44. The quantitative estimate of drug-likeness (QED) is 0.443. The first-order valence-electron chi connectivity index (χ1n) is 12.5. The number of benzene rings is 2. The maximum atomic E-state index is 13.6. The second-order valence-corrected chi connectivity index (χ2v) is 11.7. The van der Waals surface area contributed by atoms with Crippen molar-refractivity contribution in [1.29, 1.82) is 0 Å². The van der Waals surface area contributed by atoms with E-state index in [0.717, 1.165) is 11.4 Å². The Morgan fingerprint density at radius 1 is 1.18 bits per heavy atom. The van der Waals surface area contributed by atoms with Crippen molar-refractivity contribution in [1.82, 2.24) is 9.97 Å². The molecule has 1 saturated heterocycles. The van der Waals surface area contributed by atoms with E-state index >= 15 is 0 Å². The zero-order valence-corrected chi connectivity index (χ0v) is 23.1. The van der Waals surface area contributed by atoms with Crippen molar-refractivity contribution < 1.29 is 22.9 Å². The van der Waals surface area contributed by atoms with Gasteiger partial charge in [0.15, 0.2) is 5.82 Å². The monoisotopic (exact) mass is 540 g/mol. The Hall–Kier alpha value is -3.37. The molecule has 202 valence electrons. The summed E-state index contributed by atoms with van der Waals surface area (Å²) in [5.74, 6) is 1.00. The number of nitrogens with zero attached hydrogens (tertiary/aromatic N) is 3. The third kappa shape index (κ3) is 7.14. The molecule has 1 N–H and O–H groups in total. The largest absolute Gasteiger partial charge is 0.444 e. The van der Waals surface area contributed by atoms with E-state index in [1.807, 2.05) is 18.2 Å². The summed E-state index contributed by atoms with van der Waals surface area (Å²) in [6, 6.07) is 13.4. The number of ether oxygens (including phenoxy) is 2. The maximum absolute atomic E-state index is 13.6. The summed E-state index contributed by atoms with van der Waals surface area (Å²) in [7, 11) is -1.42. The lowest BCUT2D eigenvalue weighted by atomic mass is 10.2. The number of aryl methyl sites for hydroxylation is 1. The van der Waals surface area contributed by atoms with Gasteiger partial charge in [0.25, 0.3) is 0 Å². The van der Waals surface area contributed by atoms with Crippen molar-refractivity contribution >= 4 is 28.4 Å². The van der Waals surface area contributed by atoms with Crippen molar-refractivity contribution in [3.8, 4) is 11.4 Å². The zero-order chi connectivity index (χ0) is 27.4. The van der Waals surface area contributed by atoms with Crippen molar-refractivity contribution in [2.24, 2.45) is 0 Å². The van der Waals surface area contributed by atoms with E-state index in [-0.39, 0.29) is 17.6 Å². The van der Waals surface area contributed by atoms with Gasteiger partial charge in [0, 0.05) is 28.8 Å². The van der Waals surface area contributed by atoms with Gasteiger partial charge in [0.05, 0.1) is 41.5 Å². The summed E-state index contributed by atoms with van der Waals surface area (Å²) in [5, 5.41) is 2.72. The zero-order valence-electron chi connectivity index (χ0n) is 22.3. The van der Waals surface area contributed by atoms with Crippen molar-refractivity contribution in [3.05, 3.63) is 65.6 Å². The molecule has 1 amide bonds. The van der Waals surface area contributed by atoms with Gasteiger partial charge in [-0.15, -0.1) is 0 Å². The van der Waals surface area contributed by atoms with Gasteiger partial charge >= 0.3 is 6.09 Å². The Kier molecular flexibility index (Phi) is 8.42. The topological polar surface area (TPSA) is 93.7 Å². The second-order valence-electron chi connectivity index (χ2n) is 10.3. The van der Waals surface area contributed by atoms with Gasteiger partial charge in [-0.2, -0.15) is 0 Å². The van der Waals surface area contributed by atoms with Crippen LogP contribution >= 0.6 is 0 Å². The van der Waals surface area contributed by atoms with Gasteiger partial charge in [-0.3, -0.25) is 9.53 Å². The summed E-state index contributed by atoms with van der Waals surface area (Å²) in [6.45, 7) is 11.1.